The number of nitrogens with zero attached hydrogens (tertiary/aromatic N) is 3. The van der Waals surface area contributed by atoms with Gasteiger partial charge in [0.05, 0.1) is 22.0 Å². The number of para-hydroxylation sites is 2. The van der Waals surface area contributed by atoms with Gasteiger partial charge in [-0.15, -0.1) is 0 Å². The van der Waals surface area contributed by atoms with Gasteiger partial charge in [0.15, 0.2) is 6.10 Å². The normalized spacial score (nSPS) is 15.0. The van der Waals surface area contributed by atoms with Crippen molar-refractivity contribution in [1.82, 2.24) is 9.97 Å². The van der Waals surface area contributed by atoms with E-state index in [-0.39, 0.29) is 33.7 Å². The van der Waals surface area contributed by atoms with E-state index in [4.69, 9.17) is 16.3 Å². The molecule has 1 aromatic heterocycles. The largest absolute Gasteiger partial charge is 0.476 e. The molecule has 1 aliphatic rings. The van der Waals surface area contributed by atoms with Crippen molar-refractivity contribution in [1.29, 1.82) is 0 Å². The fourth-order valence-electron chi connectivity index (χ4n) is 4.19. The van der Waals surface area contributed by atoms with Crippen LogP contribution in [-0.2, 0) is 24.8 Å². The molecule has 1 aliphatic heterocycles. The van der Waals surface area contributed by atoms with Crippen molar-refractivity contribution in [3.63, 3.8) is 0 Å². The van der Waals surface area contributed by atoms with Crippen molar-refractivity contribution in [2.24, 2.45) is 0 Å². The number of halogens is 1. The van der Waals surface area contributed by atoms with Crippen molar-refractivity contribution in [3.8, 4) is 5.75 Å². The molecule has 0 unspecified atom stereocenters. The first kappa shape index (κ1) is 28.3. The van der Waals surface area contributed by atoms with Gasteiger partial charge in [0.25, 0.3) is 26.0 Å². The van der Waals surface area contributed by atoms with Gasteiger partial charge in [0.1, 0.15) is 5.75 Å². The van der Waals surface area contributed by atoms with Crippen molar-refractivity contribution < 1.29 is 26.4 Å². The molecule has 2 N–H and O–H groups in total. The predicted octanol–water partition coefficient (Wildman–Crippen LogP) is 4.14. The molecule has 0 spiro atoms. The number of anilines is 3. The second-order valence-corrected chi connectivity index (χ2v) is 13.1. The Bertz CT molecular complexity index is 1810. The highest BCUT2D eigenvalue weighted by Gasteiger charge is 2.37. The highest BCUT2D eigenvalue weighted by atomic mass is 35.5. The molecule has 212 valence electrons. The fraction of sp³-hybridized carbons (Fsp3) is 0.148. The number of nitrogens with one attached hydrogen (secondary N) is 2. The molecule has 41 heavy (non-hydrogen) atoms. The zero-order chi connectivity index (χ0) is 29.4. The second-order valence-electron chi connectivity index (χ2n) is 9.16. The van der Waals surface area contributed by atoms with E-state index in [1.165, 1.54) is 48.5 Å². The van der Waals surface area contributed by atoms with Crippen LogP contribution < -0.4 is 19.1 Å². The number of fused-ring (bicyclic) bond motifs is 1. The molecule has 0 fully saturated rings. The minimum Gasteiger partial charge on any atom is -0.476 e. The Balaban J connectivity index is 1.34. The number of hydrogen-bond acceptors (Lipinski definition) is 8. The SMILES string of the molecule is Cc1cc(C)nc(NS(=O)(=O)c2ccc(NC(=O)[C@@H]3CN(S(=O)(=O)c4ccc(Cl)cc4)c4ccccc4O3)cc2)n1. The van der Waals surface area contributed by atoms with E-state index in [1.54, 1.807) is 44.2 Å². The monoisotopic (exact) mass is 613 g/mol. The average Bonchev–Trinajstić information content (AvgIpc) is 2.92. The van der Waals surface area contributed by atoms with E-state index in [9.17, 15) is 21.6 Å². The van der Waals surface area contributed by atoms with Crippen LogP contribution in [0.2, 0.25) is 5.02 Å². The van der Waals surface area contributed by atoms with Gasteiger partial charge < -0.3 is 10.1 Å². The van der Waals surface area contributed by atoms with Gasteiger partial charge in [-0.1, -0.05) is 23.7 Å². The van der Waals surface area contributed by atoms with Gasteiger partial charge in [0, 0.05) is 22.1 Å². The van der Waals surface area contributed by atoms with Gasteiger partial charge >= 0.3 is 0 Å². The molecule has 5 rings (SSSR count). The smallest absolute Gasteiger partial charge is 0.267 e. The summed E-state index contributed by atoms with van der Waals surface area (Å²) in [4.78, 5) is 21.3. The number of carbonyl (C=O) groups is 1. The molecule has 14 heteroatoms. The first-order valence-corrected chi connectivity index (χ1v) is 15.5. The van der Waals surface area contributed by atoms with Crippen LogP contribution in [0.25, 0.3) is 0 Å². The standard InChI is InChI=1S/C27H24ClN5O6S2/c1-17-15-18(2)30-27(29-17)32-40(35,36)21-13-9-20(10-14-21)31-26(34)25-16-33(23-5-3-4-6-24(23)39-25)41(37,38)22-11-7-19(28)8-12-22/h3-15,25H,16H2,1-2H3,(H,31,34)(H,29,30,32)/t25-/m0/s1. The molecule has 0 radical (unpaired) electrons. The zero-order valence-electron chi connectivity index (χ0n) is 21.8. The summed E-state index contributed by atoms with van der Waals surface area (Å²) in [7, 11) is -8.05. The maximum atomic E-state index is 13.5. The highest BCUT2D eigenvalue weighted by molar-refractivity contribution is 7.93. The van der Waals surface area contributed by atoms with Gasteiger partial charge in [-0.3, -0.25) is 9.10 Å². The topological polar surface area (TPSA) is 148 Å². The number of amides is 1. The number of carbonyl (C=O) groups excluding carboxylic acids is 1. The molecule has 0 saturated carbocycles. The Hall–Kier alpha value is -4.20. The average molecular weight is 614 g/mol. The van der Waals surface area contributed by atoms with Crippen LogP contribution in [0.5, 0.6) is 5.75 Å². The maximum absolute atomic E-state index is 13.5. The number of sulfonamides is 2. The summed E-state index contributed by atoms with van der Waals surface area (Å²) >= 11 is 5.93. The van der Waals surface area contributed by atoms with E-state index in [0.717, 1.165) is 4.31 Å². The van der Waals surface area contributed by atoms with E-state index < -0.39 is 32.1 Å². The fourth-order valence-corrected chi connectivity index (χ4v) is 6.74. The minimum atomic E-state index is -4.05. The van der Waals surface area contributed by atoms with Gasteiger partial charge in [-0.2, -0.15) is 0 Å². The lowest BCUT2D eigenvalue weighted by Crippen LogP contribution is -2.48. The number of ether oxygens (including phenoxy) is 1. The lowest BCUT2D eigenvalue weighted by atomic mass is 10.2. The van der Waals surface area contributed by atoms with E-state index in [1.807, 2.05) is 0 Å². The van der Waals surface area contributed by atoms with Crippen LogP contribution in [0.4, 0.5) is 17.3 Å². The maximum Gasteiger partial charge on any atom is 0.267 e. The third-order valence-electron chi connectivity index (χ3n) is 6.07. The molecule has 0 bridgehead atoms. The Morgan fingerprint density at radius 3 is 2.17 bits per heavy atom. The first-order chi connectivity index (χ1) is 19.4. The third kappa shape index (κ3) is 6.11. The molecule has 4 aromatic rings. The lowest BCUT2D eigenvalue weighted by Gasteiger charge is -2.34. The van der Waals surface area contributed by atoms with Crippen molar-refractivity contribution >= 4 is 54.9 Å². The van der Waals surface area contributed by atoms with Crippen LogP contribution in [0, 0.1) is 13.8 Å². The Kier molecular flexibility index (Phi) is 7.60. The summed E-state index contributed by atoms with van der Waals surface area (Å²) in [5.74, 6) is -0.446. The van der Waals surface area contributed by atoms with Crippen molar-refractivity contribution in [3.05, 3.63) is 95.3 Å². The predicted molar refractivity (Wildman–Crippen MR) is 154 cm³/mol. The Morgan fingerprint density at radius 2 is 1.51 bits per heavy atom. The Labute approximate surface area is 242 Å². The second kappa shape index (κ2) is 11.0. The summed E-state index contributed by atoms with van der Waals surface area (Å²) in [6.07, 6.45) is -1.20. The third-order valence-corrected chi connectivity index (χ3v) is 9.46. The molecular weight excluding hydrogens is 590 g/mol. The Morgan fingerprint density at radius 1 is 0.902 bits per heavy atom. The molecule has 1 atom stereocenters. The summed E-state index contributed by atoms with van der Waals surface area (Å²) in [5.41, 5.74) is 1.80. The molecule has 2 heterocycles. The molecular formula is C27H24ClN5O6S2. The summed E-state index contributed by atoms with van der Waals surface area (Å²) in [6, 6.07) is 19.4. The number of hydrogen-bond donors (Lipinski definition) is 2. The quantitative estimate of drug-likeness (QED) is 0.316. The summed E-state index contributed by atoms with van der Waals surface area (Å²) in [6.45, 7) is 3.16. The van der Waals surface area contributed by atoms with Gasteiger partial charge in [-0.05, 0) is 80.6 Å². The number of aryl methyl sites for hydroxylation is 2. The molecule has 0 saturated heterocycles. The number of benzene rings is 3. The number of aromatic nitrogens is 2. The van der Waals surface area contributed by atoms with Gasteiger partial charge in [0.2, 0.25) is 5.95 Å². The van der Waals surface area contributed by atoms with Crippen molar-refractivity contribution in [2.75, 3.05) is 20.9 Å². The lowest BCUT2D eigenvalue weighted by molar-refractivity contribution is -0.122. The molecule has 3 aromatic carbocycles. The van der Waals surface area contributed by atoms with E-state index >= 15 is 0 Å². The van der Waals surface area contributed by atoms with E-state index in [0.29, 0.717) is 22.1 Å². The van der Waals surface area contributed by atoms with Crippen LogP contribution >= 0.6 is 11.6 Å². The minimum absolute atomic E-state index is 0.00870. The van der Waals surface area contributed by atoms with E-state index in [2.05, 4.69) is 20.0 Å². The number of rotatable bonds is 7. The molecule has 0 aliphatic carbocycles. The van der Waals surface area contributed by atoms with Crippen LogP contribution in [-0.4, -0.2) is 45.4 Å². The van der Waals surface area contributed by atoms with Crippen LogP contribution in [0.15, 0.2) is 88.7 Å². The molecule has 11 nitrogen and oxygen atoms in total. The van der Waals surface area contributed by atoms with Crippen molar-refractivity contribution in [2.45, 2.75) is 29.7 Å². The summed E-state index contributed by atoms with van der Waals surface area (Å²) in [5, 5.41) is 3.05. The zero-order valence-corrected chi connectivity index (χ0v) is 24.2. The van der Waals surface area contributed by atoms with Crippen LogP contribution in [0.1, 0.15) is 11.4 Å². The first-order valence-electron chi connectivity index (χ1n) is 12.2. The van der Waals surface area contributed by atoms with Gasteiger partial charge in [-0.25, -0.2) is 31.5 Å². The summed E-state index contributed by atoms with van der Waals surface area (Å²) < 4.78 is 62.0. The molecule has 1 amide bonds. The highest BCUT2D eigenvalue weighted by Crippen LogP contribution is 2.37. The van der Waals surface area contributed by atoms with Crippen LogP contribution in [0.3, 0.4) is 0 Å².